The lowest BCUT2D eigenvalue weighted by Gasteiger charge is -2.21. The van der Waals surface area contributed by atoms with Crippen molar-refractivity contribution in [3.63, 3.8) is 0 Å². The zero-order chi connectivity index (χ0) is 13.0. The molecule has 0 N–H and O–H groups in total. The van der Waals surface area contributed by atoms with Crippen LogP contribution in [0.15, 0.2) is 41.1 Å². The number of thiophene rings is 2. The van der Waals surface area contributed by atoms with Crippen LogP contribution in [0.25, 0.3) is 5.57 Å². The summed E-state index contributed by atoms with van der Waals surface area (Å²) in [5.41, 5.74) is 1.37. The molecule has 0 saturated heterocycles. The number of rotatable bonds is 5. The fourth-order valence-corrected chi connectivity index (χ4v) is 3.40. The zero-order valence-electron chi connectivity index (χ0n) is 11.5. The maximum atomic E-state index is 2.38. The highest BCUT2D eigenvalue weighted by atomic mass is 35.5. The van der Waals surface area contributed by atoms with E-state index in [9.17, 15) is 0 Å². The topological polar surface area (TPSA) is 3.24 Å². The maximum absolute atomic E-state index is 2.38. The third-order valence-electron chi connectivity index (χ3n) is 3.18. The summed E-state index contributed by atoms with van der Waals surface area (Å²) in [6.07, 6.45) is 2.38. The molecule has 0 bridgehead atoms. The monoisotopic (exact) mass is 313 g/mol. The minimum atomic E-state index is 0. The zero-order valence-corrected chi connectivity index (χ0v) is 13.9. The van der Waals surface area contributed by atoms with E-state index >= 15 is 0 Å². The van der Waals surface area contributed by atoms with Gasteiger partial charge >= 0.3 is 0 Å². The van der Waals surface area contributed by atoms with Gasteiger partial charge in [-0.05, 0) is 43.4 Å². The van der Waals surface area contributed by atoms with E-state index in [1.54, 1.807) is 0 Å². The number of nitrogens with zero attached hydrogens (tertiary/aromatic N) is 1. The first-order valence-electron chi connectivity index (χ1n) is 6.22. The molecule has 0 amide bonds. The predicted octanol–water partition coefficient (Wildman–Crippen LogP) is 5.00. The molecule has 104 valence electrons. The predicted molar refractivity (Wildman–Crippen MR) is 90.7 cm³/mol. The summed E-state index contributed by atoms with van der Waals surface area (Å²) in [5.74, 6) is 0. The van der Waals surface area contributed by atoms with Gasteiger partial charge in [-0.25, -0.2) is 0 Å². The second kappa shape index (κ2) is 7.85. The van der Waals surface area contributed by atoms with Crippen LogP contribution in [0.1, 0.15) is 23.6 Å². The number of hydrogen-bond acceptors (Lipinski definition) is 3. The van der Waals surface area contributed by atoms with Crippen LogP contribution < -0.4 is 0 Å². The van der Waals surface area contributed by atoms with Crippen LogP contribution in [0.2, 0.25) is 0 Å². The third-order valence-corrected chi connectivity index (χ3v) is 4.98. The largest absolute Gasteiger partial charge is 0.300 e. The molecule has 0 spiro atoms. The summed E-state index contributed by atoms with van der Waals surface area (Å²) in [5, 5.41) is 4.29. The molecule has 0 aliphatic heterocycles. The van der Waals surface area contributed by atoms with Gasteiger partial charge in [-0.15, -0.1) is 35.1 Å². The van der Waals surface area contributed by atoms with E-state index in [4.69, 9.17) is 0 Å². The fourth-order valence-electron chi connectivity index (χ4n) is 1.81. The Kier molecular flexibility index (Phi) is 6.80. The summed E-state index contributed by atoms with van der Waals surface area (Å²) in [4.78, 5) is 5.06. The van der Waals surface area contributed by atoms with Gasteiger partial charge in [-0.2, -0.15) is 0 Å². The number of halogens is 1. The van der Waals surface area contributed by atoms with E-state index in [0.717, 1.165) is 6.54 Å². The maximum Gasteiger partial charge on any atom is 0.0354 e. The van der Waals surface area contributed by atoms with Crippen LogP contribution in [0.5, 0.6) is 0 Å². The Bertz CT molecular complexity index is 452. The molecule has 19 heavy (non-hydrogen) atoms. The Hall–Kier alpha value is -0.610. The Morgan fingerprint density at radius 2 is 1.74 bits per heavy atom. The highest BCUT2D eigenvalue weighted by molar-refractivity contribution is 7.13. The van der Waals surface area contributed by atoms with Crippen molar-refractivity contribution in [1.82, 2.24) is 4.90 Å². The van der Waals surface area contributed by atoms with E-state index in [-0.39, 0.29) is 12.4 Å². The van der Waals surface area contributed by atoms with E-state index in [2.05, 4.69) is 66.9 Å². The molecule has 0 aromatic carbocycles. The molecule has 0 aliphatic rings. The van der Waals surface area contributed by atoms with Crippen LogP contribution in [0.3, 0.4) is 0 Å². The molecule has 1 nitrogen and oxygen atoms in total. The fraction of sp³-hybridized carbons (Fsp3) is 0.333. The SMILES string of the molecule is CCN(C)[C@H](C)C=C(c1cccs1)c1cccs1.Cl. The average molecular weight is 314 g/mol. The highest BCUT2D eigenvalue weighted by Gasteiger charge is 2.11. The van der Waals surface area contributed by atoms with Crippen LogP contribution in [0, 0.1) is 0 Å². The second-order valence-electron chi connectivity index (χ2n) is 4.35. The standard InChI is InChI=1S/C15H19NS2.ClH/c1-4-16(3)12(2)11-13(14-7-5-9-17-14)15-8-6-10-18-15;/h5-12H,4H2,1-3H3;1H/t12-;/m1./s1. The molecule has 0 unspecified atom stereocenters. The van der Waals surface area contributed by atoms with Gasteiger partial charge in [-0.3, -0.25) is 0 Å². The van der Waals surface area contributed by atoms with Crippen LogP contribution in [-0.2, 0) is 0 Å². The van der Waals surface area contributed by atoms with Gasteiger partial charge in [0.2, 0.25) is 0 Å². The van der Waals surface area contributed by atoms with Gasteiger partial charge in [0.1, 0.15) is 0 Å². The molecule has 0 radical (unpaired) electrons. The third kappa shape index (κ3) is 4.18. The van der Waals surface area contributed by atoms with Gasteiger partial charge < -0.3 is 4.90 Å². The molecular formula is C15H20ClNS2. The molecular weight excluding hydrogens is 294 g/mol. The average Bonchev–Trinajstić information content (AvgIpc) is 3.06. The van der Waals surface area contributed by atoms with Crippen LogP contribution in [0.4, 0.5) is 0 Å². The first-order chi connectivity index (χ1) is 8.72. The first-order valence-corrected chi connectivity index (χ1v) is 7.98. The number of likely N-dealkylation sites (N-methyl/N-ethyl adjacent to an activating group) is 1. The smallest absolute Gasteiger partial charge is 0.0354 e. The molecule has 1 atom stereocenters. The highest BCUT2D eigenvalue weighted by Crippen LogP contribution is 2.31. The Morgan fingerprint density at radius 1 is 1.21 bits per heavy atom. The molecule has 2 heterocycles. The summed E-state index contributed by atoms with van der Waals surface area (Å²) in [7, 11) is 2.17. The van der Waals surface area contributed by atoms with Gasteiger partial charge in [0.25, 0.3) is 0 Å². The minimum Gasteiger partial charge on any atom is -0.300 e. The lowest BCUT2D eigenvalue weighted by molar-refractivity contribution is 0.314. The Labute approximate surface area is 130 Å². The van der Waals surface area contributed by atoms with Crippen molar-refractivity contribution in [1.29, 1.82) is 0 Å². The Morgan fingerprint density at radius 3 is 2.11 bits per heavy atom. The van der Waals surface area contributed by atoms with E-state index < -0.39 is 0 Å². The van der Waals surface area contributed by atoms with Crippen molar-refractivity contribution in [2.24, 2.45) is 0 Å². The normalized spacial score (nSPS) is 12.0. The molecule has 2 rings (SSSR count). The molecule has 0 fully saturated rings. The van der Waals surface area contributed by atoms with Crippen molar-refractivity contribution >= 4 is 40.7 Å². The second-order valence-corrected chi connectivity index (χ2v) is 6.24. The van der Waals surface area contributed by atoms with E-state index in [0.29, 0.717) is 6.04 Å². The summed E-state index contributed by atoms with van der Waals surface area (Å²) in [6.45, 7) is 5.52. The molecule has 2 aromatic heterocycles. The van der Waals surface area contributed by atoms with Crippen molar-refractivity contribution in [3.8, 4) is 0 Å². The Balaban J connectivity index is 0.00000180. The van der Waals surface area contributed by atoms with Crippen molar-refractivity contribution in [2.45, 2.75) is 19.9 Å². The summed E-state index contributed by atoms with van der Waals surface area (Å²) < 4.78 is 0. The molecule has 0 saturated carbocycles. The summed E-state index contributed by atoms with van der Waals surface area (Å²) in [6, 6.07) is 9.10. The number of hydrogen-bond donors (Lipinski definition) is 0. The van der Waals surface area contributed by atoms with Crippen molar-refractivity contribution < 1.29 is 0 Å². The molecule has 2 aromatic rings. The van der Waals surface area contributed by atoms with Crippen LogP contribution in [-0.4, -0.2) is 24.5 Å². The van der Waals surface area contributed by atoms with E-state index in [1.165, 1.54) is 15.3 Å². The van der Waals surface area contributed by atoms with Gasteiger partial charge in [0, 0.05) is 21.4 Å². The first kappa shape index (κ1) is 16.4. The quantitative estimate of drug-likeness (QED) is 0.750. The lowest BCUT2D eigenvalue weighted by Crippen LogP contribution is -2.27. The summed E-state index contributed by atoms with van der Waals surface area (Å²) >= 11 is 3.62. The minimum absolute atomic E-state index is 0. The van der Waals surface area contributed by atoms with Gasteiger partial charge in [0.05, 0.1) is 0 Å². The molecule has 4 heteroatoms. The van der Waals surface area contributed by atoms with Gasteiger partial charge in [-0.1, -0.05) is 25.1 Å². The van der Waals surface area contributed by atoms with Crippen molar-refractivity contribution in [2.75, 3.05) is 13.6 Å². The molecule has 0 aliphatic carbocycles. The van der Waals surface area contributed by atoms with Gasteiger partial charge in [0.15, 0.2) is 0 Å². The van der Waals surface area contributed by atoms with E-state index in [1.807, 2.05) is 22.7 Å². The lowest BCUT2D eigenvalue weighted by atomic mass is 10.1. The van der Waals surface area contributed by atoms with Crippen molar-refractivity contribution in [3.05, 3.63) is 50.9 Å². The van der Waals surface area contributed by atoms with Crippen LogP contribution >= 0.6 is 35.1 Å².